The summed E-state index contributed by atoms with van der Waals surface area (Å²) in [5, 5.41) is 0.787. The van der Waals surface area contributed by atoms with Crippen molar-refractivity contribution in [2.24, 2.45) is 5.73 Å². The van der Waals surface area contributed by atoms with Crippen molar-refractivity contribution < 1.29 is 0 Å². The quantitative estimate of drug-likeness (QED) is 0.871. The van der Waals surface area contributed by atoms with Gasteiger partial charge in [0.05, 0.1) is 6.04 Å². The molecule has 0 aromatic heterocycles. The van der Waals surface area contributed by atoms with Gasteiger partial charge in [0.15, 0.2) is 0 Å². The number of benzene rings is 2. The monoisotopic (exact) mass is 271 g/mol. The van der Waals surface area contributed by atoms with Crippen molar-refractivity contribution in [3.8, 4) is 0 Å². The Labute approximate surface area is 119 Å². The molecule has 0 spiro atoms. The highest BCUT2D eigenvalue weighted by Gasteiger charge is 2.17. The first kappa shape index (κ1) is 12.7. The van der Waals surface area contributed by atoms with Gasteiger partial charge >= 0.3 is 0 Å². The predicted octanol–water partition coefficient (Wildman–Crippen LogP) is 4.19. The van der Waals surface area contributed by atoms with E-state index < -0.39 is 0 Å². The number of aryl methyl sites for hydroxylation is 3. The summed E-state index contributed by atoms with van der Waals surface area (Å²) in [4.78, 5) is 0. The summed E-state index contributed by atoms with van der Waals surface area (Å²) < 4.78 is 0. The van der Waals surface area contributed by atoms with Gasteiger partial charge in [0.2, 0.25) is 0 Å². The minimum atomic E-state index is -0.140. The summed E-state index contributed by atoms with van der Waals surface area (Å²) in [6.45, 7) is 2.02. The normalized spacial score (nSPS) is 15.3. The molecule has 0 radical (unpaired) electrons. The molecule has 2 N–H and O–H groups in total. The summed E-state index contributed by atoms with van der Waals surface area (Å²) in [6.07, 6.45) is 3.65. The molecule has 0 heterocycles. The lowest BCUT2D eigenvalue weighted by Crippen LogP contribution is -2.13. The number of rotatable bonds is 2. The van der Waals surface area contributed by atoms with Crippen LogP contribution in [0.5, 0.6) is 0 Å². The molecule has 1 unspecified atom stereocenters. The van der Waals surface area contributed by atoms with Crippen molar-refractivity contribution in [2.45, 2.75) is 32.2 Å². The third-order valence-electron chi connectivity index (χ3n) is 4.04. The molecule has 3 rings (SSSR count). The molecule has 1 nitrogen and oxygen atoms in total. The van der Waals surface area contributed by atoms with E-state index in [4.69, 9.17) is 17.3 Å². The Morgan fingerprint density at radius 1 is 1.11 bits per heavy atom. The minimum Gasteiger partial charge on any atom is -0.320 e. The highest BCUT2D eigenvalue weighted by Crippen LogP contribution is 2.31. The van der Waals surface area contributed by atoms with Crippen LogP contribution in [0.3, 0.4) is 0 Å². The highest BCUT2D eigenvalue weighted by molar-refractivity contribution is 6.32. The lowest BCUT2D eigenvalue weighted by molar-refractivity contribution is 0.866. The molecule has 0 saturated carbocycles. The zero-order valence-electron chi connectivity index (χ0n) is 11.1. The number of hydrogen-bond donors (Lipinski definition) is 1. The molecule has 0 amide bonds. The topological polar surface area (TPSA) is 26.0 Å². The van der Waals surface area contributed by atoms with Gasteiger partial charge in [0, 0.05) is 5.02 Å². The molecule has 2 aromatic carbocycles. The molecular weight excluding hydrogens is 254 g/mol. The van der Waals surface area contributed by atoms with Crippen LogP contribution in [0, 0.1) is 6.92 Å². The molecule has 0 saturated heterocycles. The Morgan fingerprint density at radius 3 is 2.74 bits per heavy atom. The molecule has 2 heteroatoms. The van der Waals surface area contributed by atoms with Crippen LogP contribution in [-0.4, -0.2) is 0 Å². The fourth-order valence-corrected chi connectivity index (χ4v) is 3.12. The SMILES string of the molecule is Cc1cccc(C(N)c2ccc3c(c2)CCC3)c1Cl. The molecule has 19 heavy (non-hydrogen) atoms. The maximum absolute atomic E-state index is 6.40. The van der Waals surface area contributed by atoms with Crippen LogP contribution in [0.4, 0.5) is 0 Å². The van der Waals surface area contributed by atoms with Gasteiger partial charge in [-0.15, -0.1) is 0 Å². The van der Waals surface area contributed by atoms with Gasteiger partial charge in [0.1, 0.15) is 0 Å². The van der Waals surface area contributed by atoms with Gasteiger partial charge in [-0.3, -0.25) is 0 Å². The average molecular weight is 272 g/mol. The van der Waals surface area contributed by atoms with Crippen LogP contribution in [0.2, 0.25) is 5.02 Å². The third-order valence-corrected chi connectivity index (χ3v) is 4.55. The molecule has 1 aliphatic carbocycles. The minimum absolute atomic E-state index is 0.140. The predicted molar refractivity (Wildman–Crippen MR) is 80.7 cm³/mol. The van der Waals surface area contributed by atoms with Gasteiger partial charge < -0.3 is 5.73 Å². The van der Waals surface area contributed by atoms with Crippen molar-refractivity contribution in [2.75, 3.05) is 0 Å². The van der Waals surface area contributed by atoms with Gasteiger partial charge in [0.25, 0.3) is 0 Å². The number of halogens is 1. The summed E-state index contributed by atoms with van der Waals surface area (Å²) >= 11 is 6.38. The smallest absolute Gasteiger partial charge is 0.0566 e. The maximum Gasteiger partial charge on any atom is 0.0566 e. The Hall–Kier alpha value is -1.31. The summed E-state index contributed by atoms with van der Waals surface area (Å²) in [5.74, 6) is 0. The second-order valence-corrected chi connectivity index (χ2v) is 5.72. The summed E-state index contributed by atoms with van der Waals surface area (Å²) in [5.41, 5.74) is 12.6. The molecule has 2 aromatic rings. The number of nitrogens with two attached hydrogens (primary N) is 1. The highest BCUT2D eigenvalue weighted by atomic mass is 35.5. The van der Waals surface area contributed by atoms with E-state index in [0.29, 0.717) is 0 Å². The van der Waals surface area contributed by atoms with Crippen molar-refractivity contribution in [3.05, 3.63) is 69.2 Å². The Kier molecular flexibility index (Phi) is 3.34. The van der Waals surface area contributed by atoms with Crippen LogP contribution in [0.25, 0.3) is 0 Å². The van der Waals surface area contributed by atoms with E-state index in [-0.39, 0.29) is 6.04 Å². The van der Waals surface area contributed by atoms with Crippen LogP contribution >= 0.6 is 11.6 Å². The van der Waals surface area contributed by atoms with Crippen LogP contribution in [-0.2, 0) is 12.8 Å². The van der Waals surface area contributed by atoms with Crippen molar-refractivity contribution in [3.63, 3.8) is 0 Å². The Morgan fingerprint density at radius 2 is 1.89 bits per heavy atom. The van der Waals surface area contributed by atoms with Crippen molar-refractivity contribution in [1.29, 1.82) is 0 Å². The van der Waals surface area contributed by atoms with Crippen LogP contribution in [0.1, 0.15) is 40.3 Å². The summed E-state index contributed by atoms with van der Waals surface area (Å²) in [7, 11) is 0. The van der Waals surface area contributed by atoms with Crippen LogP contribution in [0.15, 0.2) is 36.4 Å². The largest absolute Gasteiger partial charge is 0.320 e. The first-order chi connectivity index (χ1) is 9.16. The first-order valence-electron chi connectivity index (χ1n) is 6.79. The zero-order valence-corrected chi connectivity index (χ0v) is 11.9. The standard InChI is InChI=1S/C17H18ClN/c1-11-4-2-7-15(16(11)18)17(19)14-9-8-12-5-3-6-13(12)10-14/h2,4,7-10,17H,3,5-6,19H2,1H3. The van der Waals surface area contributed by atoms with E-state index in [0.717, 1.165) is 21.7 Å². The Bertz CT molecular complexity index is 619. The molecule has 0 fully saturated rings. The van der Waals surface area contributed by atoms with E-state index in [1.165, 1.54) is 30.4 Å². The van der Waals surface area contributed by atoms with E-state index in [1.807, 2.05) is 25.1 Å². The number of hydrogen-bond acceptors (Lipinski definition) is 1. The van der Waals surface area contributed by atoms with Gasteiger partial charge in [-0.1, -0.05) is 48.0 Å². The third kappa shape index (κ3) is 2.29. The molecular formula is C17H18ClN. The average Bonchev–Trinajstić information content (AvgIpc) is 2.88. The molecule has 98 valence electrons. The molecule has 1 atom stereocenters. The lowest BCUT2D eigenvalue weighted by Gasteiger charge is -2.16. The fraction of sp³-hybridized carbons (Fsp3) is 0.294. The van der Waals surface area contributed by atoms with E-state index in [1.54, 1.807) is 0 Å². The van der Waals surface area contributed by atoms with E-state index in [9.17, 15) is 0 Å². The van der Waals surface area contributed by atoms with E-state index >= 15 is 0 Å². The second kappa shape index (κ2) is 4.99. The molecule has 1 aliphatic rings. The zero-order chi connectivity index (χ0) is 13.4. The van der Waals surface area contributed by atoms with Crippen molar-refractivity contribution in [1.82, 2.24) is 0 Å². The lowest BCUT2D eigenvalue weighted by atomic mass is 9.95. The van der Waals surface area contributed by atoms with Gasteiger partial charge in [-0.25, -0.2) is 0 Å². The van der Waals surface area contributed by atoms with Crippen molar-refractivity contribution >= 4 is 11.6 Å². The second-order valence-electron chi connectivity index (χ2n) is 5.34. The summed E-state index contributed by atoms with van der Waals surface area (Å²) in [6, 6.07) is 12.5. The first-order valence-corrected chi connectivity index (χ1v) is 7.17. The van der Waals surface area contributed by atoms with Gasteiger partial charge in [-0.05, 0) is 54.0 Å². The van der Waals surface area contributed by atoms with Crippen LogP contribution < -0.4 is 5.73 Å². The van der Waals surface area contributed by atoms with Gasteiger partial charge in [-0.2, -0.15) is 0 Å². The van der Waals surface area contributed by atoms with E-state index in [2.05, 4.69) is 18.2 Å². The Balaban J connectivity index is 2.00. The fourth-order valence-electron chi connectivity index (χ4n) is 2.88. The number of fused-ring (bicyclic) bond motifs is 1. The molecule has 0 bridgehead atoms. The maximum atomic E-state index is 6.40. The molecule has 0 aliphatic heterocycles.